The highest BCUT2D eigenvalue weighted by Crippen LogP contribution is 2.24. The van der Waals surface area contributed by atoms with Gasteiger partial charge in [-0.15, -0.1) is 11.6 Å². The Morgan fingerprint density at radius 3 is 2.68 bits per heavy atom. The summed E-state index contributed by atoms with van der Waals surface area (Å²) in [5.74, 6) is 1.77. The second-order valence-electron chi connectivity index (χ2n) is 5.15. The predicted octanol–water partition coefficient (Wildman–Crippen LogP) is 4.39. The van der Waals surface area contributed by atoms with Crippen LogP contribution in [-0.4, -0.2) is 23.5 Å². The molecular formula is C16H21ClN2. The third-order valence-electron chi connectivity index (χ3n) is 3.32. The lowest BCUT2D eigenvalue weighted by Gasteiger charge is -2.29. The van der Waals surface area contributed by atoms with E-state index in [-0.39, 0.29) is 0 Å². The fourth-order valence-corrected chi connectivity index (χ4v) is 2.46. The topological polar surface area (TPSA) is 16.1 Å². The van der Waals surface area contributed by atoms with Gasteiger partial charge in [-0.3, -0.25) is 0 Å². The molecule has 2 rings (SSSR count). The molecule has 0 aliphatic carbocycles. The summed E-state index contributed by atoms with van der Waals surface area (Å²) in [5.41, 5.74) is 2.28. The van der Waals surface area contributed by atoms with Gasteiger partial charge in [0.25, 0.3) is 0 Å². The van der Waals surface area contributed by atoms with E-state index in [1.165, 1.54) is 10.9 Å². The van der Waals surface area contributed by atoms with Crippen LogP contribution >= 0.6 is 11.6 Å². The summed E-state index contributed by atoms with van der Waals surface area (Å²) in [6.07, 6.45) is 0.980. The van der Waals surface area contributed by atoms with E-state index in [0.717, 1.165) is 24.3 Å². The first-order valence-electron chi connectivity index (χ1n) is 6.82. The summed E-state index contributed by atoms with van der Waals surface area (Å²) in [6, 6.07) is 10.9. The first-order chi connectivity index (χ1) is 9.13. The molecule has 0 saturated heterocycles. The number of fused-ring (bicyclic) bond motifs is 1. The van der Waals surface area contributed by atoms with E-state index < -0.39 is 0 Å². The van der Waals surface area contributed by atoms with Crippen LogP contribution in [0.2, 0.25) is 0 Å². The van der Waals surface area contributed by atoms with Gasteiger partial charge in [0.2, 0.25) is 0 Å². The SMILES string of the molecule is Cc1cc2ccccc2nc1N(CCCCl)C(C)C. The molecule has 0 saturated carbocycles. The van der Waals surface area contributed by atoms with Gasteiger partial charge < -0.3 is 4.90 Å². The molecule has 0 aliphatic heterocycles. The van der Waals surface area contributed by atoms with Crippen molar-refractivity contribution in [3.63, 3.8) is 0 Å². The molecule has 0 bridgehead atoms. The maximum atomic E-state index is 5.83. The Morgan fingerprint density at radius 1 is 1.26 bits per heavy atom. The Balaban J connectivity index is 2.43. The van der Waals surface area contributed by atoms with Gasteiger partial charge in [-0.05, 0) is 44.9 Å². The molecule has 102 valence electrons. The molecule has 0 radical (unpaired) electrons. The van der Waals surface area contributed by atoms with Crippen LogP contribution in [0.4, 0.5) is 5.82 Å². The van der Waals surface area contributed by atoms with Gasteiger partial charge >= 0.3 is 0 Å². The summed E-state index contributed by atoms with van der Waals surface area (Å²) in [7, 11) is 0. The summed E-state index contributed by atoms with van der Waals surface area (Å²) < 4.78 is 0. The first kappa shape index (κ1) is 14.1. The van der Waals surface area contributed by atoms with E-state index in [4.69, 9.17) is 16.6 Å². The molecule has 2 aromatic rings. The highest BCUT2D eigenvalue weighted by atomic mass is 35.5. The zero-order valence-electron chi connectivity index (χ0n) is 11.9. The molecule has 19 heavy (non-hydrogen) atoms. The van der Waals surface area contributed by atoms with Gasteiger partial charge in [-0.1, -0.05) is 18.2 Å². The van der Waals surface area contributed by atoms with E-state index in [1.807, 2.05) is 6.07 Å². The van der Waals surface area contributed by atoms with Gasteiger partial charge in [0.05, 0.1) is 5.52 Å². The number of hydrogen-bond donors (Lipinski definition) is 0. The summed E-state index contributed by atoms with van der Waals surface area (Å²) in [4.78, 5) is 7.17. The van der Waals surface area contributed by atoms with Crippen molar-refractivity contribution in [1.29, 1.82) is 0 Å². The molecular weight excluding hydrogens is 256 g/mol. The summed E-state index contributed by atoms with van der Waals surface area (Å²) >= 11 is 5.83. The Labute approximate surface area is 120 Å². The predicted molar refractivity (Wildman–Crippen MR) is 84.3 cm³/mol. The molecule has 1 aromatic heterocycles. The van der Waals surface area contributed by atoms with E-state index in [2.05, 4.69) is 49.9 Å². The average Bonchev–Trinajstić information content (AvgIpc) is 2.39. The van der Waals surface area contributed by atoms with Gasteiger partial charge in [-0.25, -0.2) is 4.98 Å². The van der Waals surface area contributed by atoms with Crippen molar-refractivity contribution < 1.29 is 0 Å². The number of rotatable bonds is 5. The van der Waals surface area contributed by atoms with Crippen LogP contribution in [0.25, 0.3) is 10.9 Å². The minimum Gasteiger partial charge on any atom is -0.354 e. The third kappa shape index (κ3) is 3.19. The lowest BCUT2D eigenvalue weighted by molar-refractivity contribution is 0.663. The maximum absolute atomic E-state index is 5.83. The normalized spacial score (nSPS) is 11.2. The number of hydrogen-bond acceptors (Lipinski definition) is 2. The number of aromatic nitrogens is 1. The Kier molecular flexibility index (Phi) is 4.65. The van der Waals surface area contributed by atoms with Crippen LogP contribution in [0, 0.1) is 6.92 Å². The van der Waals surface area contributed by atoms with E-state index in [1.54, 1.807) is 0 Å². The van der Waals surface area contributed by atoms with Gasteiger partial charge in [0.1, 0.15) is 5.82 Å². The van der Waals surface area contributed by atoms with Crippen LogP contribution in [0.3, 0.4) is 0 Å². The van der Waals surface area contributed by atoms with Crippen molar-refractivity contribution in [3.8, 4) is 0 Å². The summed E-state index contributed by atoms with van der Waals surface area (Å²) in [6.45, 7) is 7.48. The molecule has 0 unspecified atom stereocenters. The monoisotopic (exact) mass is 276 g/mol. The fourth-order valence-electron chi connectivity index (χ4n) is 2.34. The minimum absolute atomic E-state index is 0.426. The zero-order chi connectivity index (χ0) is 13.8. The number of alkyl halides is 1. The molecule has 0 amide bonds. The van der Waals surface area contributed by atoms with Crippen molar-refractivity contribution in [2.45, 2.75) is 33.2 Å². The molecule has 3 heteroatoms. The number of benzene rings is 1. The second-order valence-corrected chi connectivity index (χ2v) is 5.53. The highest BCUT2D eigenvalue weighted by Gasteiger charge is 2.14. The molecule has 1 heterocycles. The molecule has 2 nitrogen and oxygen atoms in total. The quantitative estimate of drug-likeness (QED) is 0.753. The van der Waals surface area contributed by atoms with Gasteiger partial charge in [-0.2, -0.15) is 0 Å². The molecule has 0 fully saturated rings. The van der Waals surface area contributed by atoms with Gasteiger partial charge in [0, 0.05) is 23.9 Å². The largest absolute Gasteiger partial charge is 0.354 e. The lowest BCUT2D eigenvalue weighted by Crippen LogP contribution is -2.33. The van der Waals surface area contributed by atoms with Crippen molar-refractivity contribution in [3.05, 3.63) is 35.9 Å². The number of aryl methyl sites for hydroxylation is 1. The minimum atomic E-state index is 0.426. The Hall–Kier alpha value is -1.28. The average molecular weight is 277 g/mol. The molecule has 0 atom stereocenters. The standard InChI is InChI=1S/C16H21ClN2/c1-12(2)19(10-6-9-17)16-13(3)11-14-7-4-5-8-15(14)18-16/h4-5,7-8,11-12H,6,9-10H2,1-3H3. The van der Waals surface area contributed by atoms with Crippen molar-refractivity contribution in [2.24, 2.45) is 0 Å². The summed E-state index contributed by atoms with van der Waals surface area (Å²) in [5, 5.41) is 1.20. The zero-order valence-corrected chi connectivity index (χ0v) is 12.6. The molecule has 0 aliphatic rings. The number of para-hydroxylation sites is 1. The Morgan fingerprint density at radius 2 is 2.00 bits per heavy atom. The number of nitrogens with zero attached hydrogens (tertiary/aromatic N) is 2. The van der Waals surface area contributed by atoms with Crippen LogP contribution in [0.15, 0.2) is 30.3 Å². The van der Waals surface area contributed by atoms with E-state index in [0.29, 0.717) is 11.9 Å². The van der Waals surface area contributed by atoms with E-state index >= 15 is 0 Å². The number of pyridine rings is 1. The van der Waals surface area contributed by atoms with Crippen molar-refractivity contribution >= 4 is 28.3 Å². The van der Waals surface area contributed by atoms with Crippen LogP contribution in [-0.2, 0) is 0 Å². The number of anilines is 1. The second kappa shape index (κ2) is 6.25. The molecule has 0 spiro atoms. The van der Waals surface area contributed by atoms with Crippen LogP contribution in [0.1, 0.15) is 25.8 Å². The highest BCUT2D eigenvalue weighted by molar-refractivity contribution is 6.17. The Bertz CT molecular complexity index is 551. The molecule has 1 aromatic carbocycles. The first-order valence-corrected chi connectivity index (χ1v) is 7.36. The van der Waals surface area contributed by atoms with Crippen LogP contribution < -0.4 is 4.90 Å². The lowest BCUT2D eigenvalue weighted by atomic mass is 10.1. The third-order valence-corrected chi connectivity index (χ3v) is 3.58. The van der Waals surface area contributed by atoms with Gasteiger partial charge in [0.15, 0.2) is 0 Å². The molecule has 0 N–H and O–H groups in total. The van der Waals surface area contributed by atoms with Crippen molar-refractivity contribution in [2.75, 3.05) is 17.3 Å². The van der Waals surface area contributed by atoms with Crippen LogP contribution in [0.5, 0.6) is 0 Å². The maximum Gasteiger partial charge on any atom is 0.132 e. The van der Waals surface area contributed by atoms with E-state index in [9.17, 15) is 0 Å². The smallest absolute Gasteiger partial charge is 0.132 e. The fraction of sp³-hybridized carbons (Fsp3) is 0.438. The number of halogens is 1. The van der Waals surface area contributed by atoms with Crippen molar-refractivity contribution in [1.82, 2.24) is 4.98 Å².